The van der Waals surface area contributed by atoms with Crippen molar-refractivity contribution in [1.82, 2.24) is 5.06 Å². The van der Waals surface area contributed by atoms with Crippen LogP contribution in [0.3, 0.4) is 0 Å². The molecule has 6 heteroatoms. The summed E-state index contributed by atoms with van der Waals surface area (Å²) in [5, 5.41) is 1.35. The number of carbonyl (C=O) groups is 1. The molecule has 0 saturated heterocycles. The molecule has 3 rings (SSSR count). The summed E-state index contributed by atoms with van der Waals surface area (Å²) in [6.45, 7) is 0.246. The van der Waals surface area contributed by atoms with E-state index in [1.807, 2.05) is 30.3 Å². The Balaban J connectivity index is 1.97. The third kappa shape index (κ3) is 3.14. The van der Waals surface area contributed by atoms with Crippen LogP contribution in [-0.2, 0) is 20.9 Å². The van der Waals surface area contributed by atoms with Gasteiger partial charge in [0.1, 0.15) is 11.6 Å². The fourth-order valence-electron chi connectivity index (χ4n) is 2.56. The molecule has 124 valence electrons. The van der Waals surface area contributed by atoms with E-state index in [4.69, 9.17) is 4.84 Å². The highest BCUT2D eigenvalue weighted by molar-refractivity contribution is 5.86. The molecule has 1 aliphatic rings. The van der Waals surface area contributed by atoms with Crippen LogP contribution in [0.5, 0.6) is 0 Å². The molecule has 1 aliphatic heterocycles. The summed E-state index contributed by atoms with van der Waals surface area (Å²) < 4.78 is 32.9. The van der Waals surface area contributed by atoms with Crippen molar-refractivity contribution in [3.05, 3.63) is 83.1 Å². The Labute approximate surface area is 137 Å². The average molecular weight is 331 g/mol. The van der Waals surface area contributed by atoms with Crippen LogP contribution in [0.15, 0.2) is 60.4 Å². The number of esters is 1. The first-order valence-electron chi connectivity index (χ1n) is 7.32. The average Bonchev–Trinajstić information content (AvgIpc) is 2.98. The second-order valence-electron chi connectivity index (χ2n) is 5.25. The molecule has 24 heavy (non-hydrogen) atoms. The smallest absolute Gasteiger partial charge is 0.375 e. The van der Waals surface area contributed by atoms with Crippen molar-refractivity contribution >= 4 is 5.97 Å². The normalized spacial score (nSPS) is 17.3. The largest absolute Gasteiger partial charge is 0.463 e. The van der Waals surface area contributed by atoms with Gasteiger partial charge in [-0.05, 0) is 23.8 Å². The van der Waals surface area contributed by atoms with Crippen molar-refractivity contribution in [1.29, 1.82) is 0 Å². The maximum Gasteiger partial charge on any atom is 0.375 e. The molecule has 4 nitrogen and oxygen atoms in total. The molecule has 0 radical (unpaired) electrons. The molecule has 0 unspecified atom stereocenters. The number of halogens is 2. The zero-order valence-electron chi connectivity index (χ0n) is 12.9. The van der Waals surface area contributed by atoms with E-state index in [0.717, 1.165) is 5.56 Å². The zero-order chi connectivity index (χ0) is 17.1. The van der Waals surface area contributed by atoms with Gasteiger partial charge in [-0.1, -0.05) is 36.4 Å². The summed E-state index contributed by atoms with van der Waals surface area (Å²) >= 11 is 0. The molecule has 0 amide bonds. The van der Waals surface area contributed by atoms with Crippen molar-refractivity contribution in [2.24, 2.45) is 0 Å². The summed E-state index contributed by atoms with van der Waals surface area (Å²) in [5.41, 5.74) is 0.700. The summed E-state index contributed by atoms with van der Waals surface area (Å²) in [5.74, 6) is -2.21. The maximum atomic E-state index is 14.2. The predicted octanol–water partition coefficient (Wildman–Crippen LogP) is 3.51. The minimum atomic E-state index is -0.875. The SMILES string of the molecule is COC(=O)C1=C[C@@H](c2c(F)cccc2F)N(Cc2ccccc2)O1. The van der Waals surface area contributed by atoms with Gasteiger partial charge in [0.15, 0.2) is 0 Å². The Hall–Kier alpha value is -2.73. The van der Waals surface area contributed by atoms with Gasteiger partial charge in [0.2, 0.25) is 5.76 Å². The molecule has 0 spiro atoms. The fourth-order valence-corrected chi connectivity index (χ4v) is 2.56. The molecule has 2 aromatic carbocycles. The monoisotopic (exact) mass is 331 g/mol. The third-order valence-electron chi connectivity index (χ3n) is 3.70. The molecular weight excluding hydrogens is 316 g/mol. The van der Waals surface area contributed by atoms with Crippen LogP contribution in [0.25, 0.3) is 0 Å². The van der Waals surface area contributed by atoms with Gasteiger partial charge < -0.3 is 9.57 Å². The molecule has 0 fully saturated rings. The summed E-state index contributed by atoms with van der Waals surface area (Å²) in [6, 6.07) is 12.0. The van der Waals surface area contributed by atoms with E-state index in [0.29, 0.717) is 0 Å². The standard InChI is InChI=1S/C18H15F2NO3/c1-23-18(22)16-10-15(17-13(19)8-5-9-14(17)20)21(24-16)11-12-6-3-2-4-7-12/h2-10,15H,11H2,1H3/t15-/m0/s1. The molecule has 0 aliphatic carbocycles. The molecule has 0 saturated carbocycles. The van der Waals surface area contributed by atoms with Gasteiger partial charge in [-0.25, -0.2) is 13.6 Å². The molecule has 1 atom stereocenters. The van der Waals surface area contributed by atoms with Crippen LogP contribution in [-0.4, -0.2) is 18.1 Å². The van der Waals surface area contributed by atoms with E-state index >= 15 is 0 Å². The second-order valence-corrected chi connectivity index (χ2v) is 5.25. The number of ether oxygens (including phenoxy) is 1. The van der Waals surface area contributed by atoms with E-state index in [2.05, 4.69) is 4.74 Å². The second kappa shape index (κ2) is 6.80. The van der Waals surface area contributed by atoms with Gasteiger partial charge in [0.25, 0.3) is 0 Å². The Morgan fingerprint density at radius 1 is 1.12 bits per heavy atom. The predicted molar refractivity (Wildman–Crippen MR) is 82.3 cm³/mol. The third-order valence-corrected chi connectivity index (χ3v) is 3.70. The lowest BCUT2D eigenvalue weighted by molar-refractivity contribution is -0.160. The van der Waals surface area contributed by atoms with E-state index in [1.54, 1.807) is 0 Å². The quantitative estimate of drug-likeness (QED) is 0.804. The van der Waals surface area contributed by atoms with Crippen molar-refractivity contribution in [2.75, 3.05) is 7.11 Å². The fraction of sp³-hybridized carbons (Fsp3) is 0.167. The highest BCUT2D eigenvalue weighted by Crippen LogP contribution is 2.35. The highest BCUT2D eigenvalue weighted by Gasteiger charge is 2.35. The number of nitrogens with zero attached hydrogens (tertiary/aromatic N) is 1. The zero-order valence-corrected chi connectivity index (χ0v) is 12.9. The number of carbonyl (C=O) groups excluding carboxylic acids is 1. The van der Waals surface area contributed by atoms with Gasteiger partial charge >= 0.3 is 5.97 Å². The molecule has 0 aromatic heterocycles. The molecule has 0 bridgehead atoms. The Morgan fingerprint density at radius 3 is 2.42 bits per heavy atom. The lowest BCUT2D eigenvalue weighted by atomic mass is 10.0. The van der Waals surface area contributed by atoms with Crippen LogP contribution in [0.2, 0.25) is 0 Å². The highest BCUT2D eigenvalue weighted by atomic mass is 19.1. The van der Waals surface area contributed by atoms with E-state index in [9.17, 15) is 13.6 Å². The summed E-state index contributed by atoms with van der Waals surface area (Å²) in [4.78, 5) is 17.2. The molecule has 2 aromatic rings. The Morgan fingerprint density at radius 2 is 1.79 bits per heavy atom. The maximum absolute atomic E-state index is 14.2. The first-order valence-corrected chi connectivity index (χ1v) is 7.32. The van der Waals surface area contributed by atoms with Gasteiger partial charge in [0, 0.05) is 5.56 Å². The summed E-state index contributed by atoms with van der Waals surface area (Å²) in [6.07, 6.45) is 1.36. The van der Waals surface area contributed by atoms with Gasteiger partial charge in [0.05, 0.1) is 19.7 Å². The van der Waals surface area contributed by atoms with Crippen LogP contribution >= 0.6 is 0 Å². The first-order chi connectivity index (χ1) is 11.6. The number of hydrogen-bond donors (Lipinski definition) is 0. The molecule has 0 N–H and O–H groups in total. The van der Waals surface area contributed by atoms with E-state index in [1.165, 1.54) is 36.4 Å². The summed E-state index contributed by atoms with van der Waals surface area (Å²) in [7, 11) is 1.21. The van der Waals surface area contributed by atoms with Crippen molar-refractivity contribution in [2.45, 2.75) is 12.6 Å². The van der Waals surface area contributed by atoms with Gasteiger partial charge in [-0.15, -0.1) is 5.06 Å². The number of hydrogen-bond acceptors (Lipinski definition) is 4. The van der Waals surface area contributed by atoms with Gasteiger partial charge in [-0.2, -0.15) is 0 Å². The van der Waals surface area contributed by atoms with Crippen molar-refractivity contribution in [3.8, 4) is 0 Å². The topological polar surface area (TPSA) is 38.8 Å². The van der Waals surface area contributed by atoms with Crippen LogP contribution < -0.4 is 0 Å². The lowest BCUT2D eigenvalue weighted by Crippen LogP contribution is -2.24. The number of benzene rings is 2. The van der Waals surface area contributed by atoms with Crippen LogP contribution in [0, 0.1) is 11.6 Å². The number of hydroxylamine groups is 2. The van der Waals surface area contributed by atoms with Crippen LogP contribution in [0.4, 0.5) is 8.78 Å². The minimum Gasteiger partial charge on any atom is -0.463 e. The van der Waals surface area contributed by atoms with E-state index < -0.39 is 23.6 Å². The Kier molecular flexibility index (Phi) is 4.57. The first kappa shape index (κ1) is 16.1. The Bertz CT molecular complexity index is 757. The molecular formula is C18H15F2NO3. The number of methoxy groups -OCH3 is 1. The van der Waals surface area contributed by atoms with Crippen molar-refractivity contribution < 1.29 is 23.1 Å². The van der Waals surface area contributed by atoms with E-state index in [-0.39, 0.29) is 17.9 Å². The van der Waals surface area contributed by atoms with Gasteiger partial charge in [-0.3, -0.25) is 0 Å². The van der Waals surface area contributed by atoms with Crippen LogP contribution in [0.1, 0.15) is 17.2 Å². The lowest BCUT2D eigenvalue weighted by Gasteiger charge is -2.23. The molecule has 1 heterocycles. The number of rotatable bonds is 4. The minimum absolute atomic E-state index is 0.0962. The van der Waals surface area contributed by atoms with Crippen molar-refractivity contribution in [3.63, 3.8) is 0 Å².